The van der Waals surface area contributed by atoms with E-state index >= 15 is 0 Å². The first-order chi connectivity index (χ1) is 12.5. The van der Waals surface area contributed by atoms with Gasteiger partial charge in [0.25, 0.3) is 0 Å². The SMILES string of the molecule is CCCCC(CC)CNC(=NCC(=O)N(C)C)NCc1ncc(CC)s1.I. The normalized spacial score (nSPS) is 12.3. The van der Waals surface area contributed by atoms with E-state index in [1.807, 2.05) is 6.20 Å². The molecular weight excluding hydrogens is 473 g/mol. The van der Waals surface area contributed by atoms with Crippen LogP contribution in [0.25, 0.3) is 0 Å². The zero-order chi connectivity index (χ0) is 19.4. The number of aryl methyl sites for hydroxylation is 1. The monoisotopic (exact) mass is 509 g/mol. The molecule has 1 atom stereocenters. The average molecular weight is 510 g/mol. The van der Waals surface area contributed by atoms with E-state index in [4.69, 9.17) is 0 Å². The second-order valence-corrected chi connectivity index (χ2v) is 7.88. The summed E-state index contributed by atoms with van der Waals surface area (Å²) in [5.74, 6) is 1.30. The molecule has 6 nitrogen and oxygen atoms in total. The average Bonchev–Trinajstić information content (AvgIpc) is 3.10. The van der Waals surface area contributed by atoms with E-state index in [9.17, 15) is 4.79 Å². The number of hydrogen-bond donors (Lipinski definition) is 2. The molecule has 1 rings (SSSR count). The molecule has 0 spiro atoms. The highest BCUT2D eigenvalue weighted by Gasteiger charge is 2.10. The number of carbonyl (C=O) groups excluding carboxylic acids is 1. The van der Waals surface area contributed by atoms with Crippen LogP contribution in [0.2, 0.25) is 0 Å². The standard InChI is InChI=1S/C19H35N5OS.HI/c1-6-9-10-15(7-2)11-21-19(23-14-18(25)24(4)5)22-13-17-20-12-16(8-3)26-17;/h12,15H,6-11,13-14H2,1-5H3,(H2,21,22,23);1H. The molecule has 0 saturated heterocycles. The van der Waals surface area contributed by atoms with Gasteiger partial charge in [-0.2, -0.15) is 0 Å². The van der Waals surface area contributed by atoms with Gasteiger partial charge in [0.1, 0.15) is 11.6 Å². The predicted molar refractivity (Wildman–Crippen MR) is 126 cm³/mol. The minimum atomic E-state index is -0.00774. The van der Waals surface area contributed by atoms with Crippen LogP contribution in [-0.2, 0) is 17.8 Å². The van der Waals surface area contributed by atoms with Gasteiger partial charge in [0.05, 0.1) is 6.54 Å². The van der Waals surface area contributed by atoms with Gasteiger partial charge >= 0.3 is 0 Å². The van der Waals surface area contributed by atoms with Crippen molar-refractivity contribution < 1.29 is 4.79 Å². The van der Waals surface area contributed by atoms with Crippen LogP contribution in [0.3, 0.4) is 0 Å². The number of guanidine groups is 1. The highest BCUT2D eigenvalue weighted by atomic mass is 127. The molecule has 1 aromatic heterocycles. The number of amides is 1. The molecule has 27 heavy (non-hydrogen) atoms. The summed E-state index contributed by atoms with van der Waals surface area (Å²) in [6.45, 7) is 8.22. The Morgan fingerprint density at radius 2 is 2.04 bits per heavy atom. The summed E-state index contributed by atoms with van der Waals surface area (Å²) in [6.07, 6.45) is 7.76. The summed E-state index contributed by atoms with van der Waals surface area (Å²) in [5, 5.41) is 7.76. The lowest BCUT2D eigenvalue weighted by Crippen LogP contribution is -2.40. The lowest BCUT2D eigenvalue weighted by molar-refractivity contribution is -0.127. The Bertz CT molecular complexity index is 562. The lowest BCUT2D eigenvalue weighted by Gasteiger charge is -2.18. The Morgan fingerprint density at radius 1 is 1.30 bits per heavy atom. The third-order valence-corrected chi connectivity index (χ3v) is 5.47. The molecular formula is C19H36IN5OS. The van der Waals surface area contributed by atoms with Gasteiger partial charge in [0, 0.05) is 31.7 Å². The third kappa shape index (κ3) is 10.9. The van der Waals surface area contributed by atoms with E-state index in [0.29, 0.717) is 18.4 Å². The van der Waals surface area contributed by atoms with Crippen molar-refractivity contribution in [1.82, 2.24) is 20.5 Å². The topological polar surface area (TPSA) is 69.6 Å². The molecule has 1 aromatic rings. The second-order valence-electron chi connectivity index (χ2n) is 6.68. The Hall–Kier alpha value is -0.900. The van der Waals surface area contributed by atoms with Crippen molar-refractivity contribution in [2.45, 2.75) is 59.4 Å². The fourth-order valence-corrected chi connectivity index (χ4v) is 3.20. The van der Waals surface area contributed by atoms with Crippen LogP contribution in [0.5, 0.6) is 0 Å². The Kier molecular flexibility index (Phi) is 14.6. The van der Waals surface area contributed by atoms with Gasteiger partial charge in [-0.05, 0) is 18.8 Å². The summed E-state index contributed by atoms with van der Waals surface area (Å²) >= 11 is 1.71. The van der Waals surface area contributed by atoms with E-state index in [0.717, 1.165) is 24.4 Å². The van der Waals surface area contributed by atoms with Crippen molar-refractivity contribution in [3.63, 3.8) is 0 Å². The van der Waals surface area contributed by atoms with E-state index in [1.54, 1.807) is 30.3 Å². The molecule has 0 saturated carbocycles. The van der Waals surface area contributed by atoms with Gasteiger partial charge in [0.15, 0.2) is 5.96 Å². The first kappa shape index (κ1) is 26.1. The van der Waals surface area contributed by atoms with Crippen LogP contribution in [0, 0.1) is 5.92 Å². The molecule has 8 heteroatoms. The molecule has 1 amide bonds. The molecule has 2 N–H and O–H groups in total. The van der Waals surface area contributed by atoms with Crippen molar-refractivity contribution in [3.05, 3.63) is 16.1 Å². The first-order valence-electron chi connectivity index (χ1n) is 9.65. The maximum atomic E-state index is 11.9. The van der Waals surface area contributed by atoms with Crippen molar-refractivity contribution in [2.24, 2.45) is 10.9 Å². The number of halogens is 1. The minimum absolute atomic E-state index is 0. The molecule has 156 valence electrons. The highest BCUT2D eigenvalue weighted by Crippen LogP contribution is 2.13. The second kappa shape index (κ2) is 15.1. The van der Waals surface area contributed by atoms with Gasteiger partial charge < -0.3 is 15.5 Å². The van der Waals surface area contributed by atoms with Crippen LogP contribution < -0.4 is 10.6 Å². The molecule has 0 aromatic carbocycles. The Balaban J connectivity index is 0.00000676. The van der Waals surface area contributed by atoms with Crippen molar-refractivity contribution in [2.75, 3.05) is 27.2 Å². The number of aliphatic imine (C=N–C) groups is 1. The smallest absolute Gasteiger partial charge is 0.243 e. The zero-order valence-electron chi connectivity index (χ0n) is 17.4. The number of aromatic nitrogens is 1. The number of nitrogens with one attached hydrogen (secondary N) is 2. The molecule has 1 heterocycles. The summed E-state index contributed by atoms with van der Waals surface area (Å²) < 4.78 is 0. The zero-order valence-corrected chi connectivity index (χ0v) is 20.5. The highest BCUT2D eigenvalue weighted by molar-refractivity contribution is 14.0. The number of unbranched alkanes of at least 4 members (excludes halogenated alkanes) is 1. The fourth-order valence-electron chi connectivity index (χ4n) is 2.40. The van der Waals surface area contributed by atoms with Gasteiger partial charge in [-0.1, -0.05) is 40.0 Å². The summed E-state index contributed by atoms with van der Waals surface area (Å²) in [7, 11) is 3.50. The summed E-state index contributed by atoms with van der Waals surface area (Å²) in [4.78, 5) is 23.6. The maximum Gasteiger partial charge on any atom is 0.243 e. The largest absolute Gasteiger partial charge is 0.356 e. The molecule has 0 aliphatic heterocycles. The Labute approximate surface area is 185 Å². The quantitative estimate of drug-likeness (QED) is 0.272. The third-order valence-electron chi connectivity index (χ3n) is 4.33. The minimum Gasteiger partial charge on any atom is -0.356 e. The number of thiazole rings is 1. The van der Waals surface area contributed by atoms with Crippen molar-refractivity contribution in [1.29, 1.82) is 0 Å². The van der Waals surface area contributed by atoms with Gasteiger partial charge in [-0.3, -0.25) is 4.79 Å². The van der Waals surface area contributed by atoms with Crippen LogP contribution in [0.1, 0.15) is 56.3 Å². The lowest BCUT2D eigenvalue weighted by atomic mass is 9.99. The Morgan fingerprint density at radius 3 is 2.59 bits per heavy atom. The van der Waals surface area contributed by atoms with Crippen molar-refractivity contribution >= 4 is 47.2 Å². The number of hydrogen-bond acceptors (Lipinski definition) is 4. The van der Waals surface area contributed by atoms with Crippen LogP contribution in [-0.4, -0.2) is 48.9 Å². The van der Waals surface area contributed by atoms with Gasteiger partial charge in [-0.15, -0.1) is 35.3 Å². The fraction of sp³-hybridized carbons (Fsp3) is 0.737. The number of likely N-dealkylation sites (N-methyl/N-ethyl adjacent to an activating group) is 1. The number of rotatable bonds is 11. The molecule has 0 aliphatic carbocycles. The molecule has 0 radical (unpaired) electrons. The van der Waals surface area contributed by atoms with E-state index in [2.05, 4.69) is 41.4 Å². The molecule has 0 fully saturated rings. The van der Waals surface area contributed by atoms with E-state index in [1.165, 1.54) is 24.1 Å². The van der Waals surface area contributed by atoms with E-state index in [-0.39, 0.29) is 36.4 Å². The summed E-state index contributed by atoms with van der Waals surface area (Å²) in [5.41, 5.74) is 0. The molecule has 1 unspecified atom stereocenters. The number of nitrogens with zero attached hydrogens (tertiary/aromatic N) is 3. The summed E-state index contributed by atoms with van der Waals surface area (Å²) in [6, 6.07) is 0. The number of carbonyl (C=O) groups is 1. The maximum absolute atomic E-state index is 11.9. The van der Waals surface area contributed by atoms with Gasteiger partial charge in [-0.25, -0.2) is 9.98 Å². The molecule has 0 aliphatic rings. The van der Waals surface area contributed by atoms with Crippen LogP contribution in [0.4, 0.5) is 0 Å². The van der Waals surface area contributed by atoms with Crippen molar-refractivity contribution in [3.8, 4) is 0 Å². The predicted octanol–water partition coefficient (Wildman–Crippen LogP) is 3.66. The van der Waals surface area contributed by atoms with Crippen LogP contribution in [0.15, 0.2) is 11.2 Å². The van der Waals surface area contributed by atoms with E-state index < -0.39 is 0 Å². The van der Waals surface area contributed by atoms with Gasteiger partial charge in [0.2, 0.25) is 5.91 Å². The van der Waals surface area contributed by atoms with Crippen LogP contribution >= 0.6 is 35.3 Å². The first-order valence-corrected chi connectivity index (χ1v) is 10.5. The molecule has 0 bridgehead atoms.